The molecule has 1 nitrogen and oxygen atoms in total. The molecule has 1 aromatic rings. The fourth-order valence-electron chi connectivity index (χ4n) is 1.68. The molecule has 1 aromatic carbocycles. The third-order valence-corrected chi connectivity index (χ3v) is 3.27. The van der Waals surface area contributed by atoms with Gasteiger partial charge in [0.05, 0.1) is 4.47 Å². The van der Waals surface area contributed by atoms with E-state index in [9.17, 15) is 0 Å². The normalized spacial score (nSPS) is 18.6. The Bertz CT molecular complexity index is 374. The summed E-state index contributed by atoms with van der Waals surface area (Å²) in [5.74, 6) is 0.950. The highest BCUT2D eigenvalue weighted by atomic mass is 79.9. The lowest BCUT2D eigenvalue weighted by Crippen LogP contribution is -2.32. The van der Waals surface area contributed by atoms with E-state index in [1.54, 1.807) is 0 Å². The van der Waals surface area contributed by atoms with Crippen molar-refractivity contribution in [2.24, 2.45) is 0 Å². The Kier molecular flexibility index (Phi) is 2.52. The number of hydrogen-bond acceptors (Lipinski definition) is 1. The van der Waals surface area contributed by atoms with Crippen LogP contribution in [0.25, 0.3) is 0 Å². The van der Waals surface area contributed by atoms with Crippen molar-refractivity contribution in [1.29, 1.82) is 0 Å². The van der Waals surface area contributed by atoms with Gasteiger partial charge in [-0.2, -0.15) is 0 Å². The third kappa shape index (κ3) is 1.91. The van der Waals surface area contributed by atoms with Crippen LogP contribution in [0.4, 0.5) is 0 Å². The molecule has 0 saturated carbocycles. The molecule has 0 amide bonds. The fraction of sp³-hybridized carbons (Fsp3) is 0.455. The summed E-state index contributed by atoms with van der Waals surface area (Å²) in [5, 5.41) is 0.763. The van der Waals surface area contributed by atoms with Crippen molar-refractivity contribution in [1.82, 2.24) is 0 Å². The zero-order valence-corrected chi connectivity index (χ0v) is 10.6. The second-order valence-electron chi connectivity index (χ2n) is 4.24. The molecule has 2 rings (SSSR count). The monoisotopic (exact) mass is 274 g/mol. The van der Waals surface area contributed by atoms with Gasteiger partial charge in [-0.15, -0.1) is 0 Å². The average molecular weight is 276 g/mol. The summed E-state index contributed by atoms with van der Waals surface area (Å²) in [7, 11) is 0. The lowest BCUT2D eigenvalue weighted by Gasteiger charge is -2.33. The van der Waals surface area contributed by atoms with Crippen molar-refractivity contribution in [2.45, 2.75) is 32.3 Å². The van der Waals surface area contributed by atoms with Crippen LogP contribution in [0.2, 0.25) is 5.02 Å². The number of aryl methyl sites for hydroxylation is 1. The Morgan fingerprint density at radius 2 is 2.14 bits per heavy atom. The zero-order chi connectivity index (χ0) is 10.3. The molecule has 0 aromatic heterocycles. The zero-order valence-electron chi connectivity index (χ0n) is 8.23. The number of hydrogen-bond donors (Lipinski definition) is 0. The van der Waals surface area contributed by atoms with Crippen LogP contribution in [-0.2, 0) is 6.42 Å². The van der Waals surface area contributed by atoms with Gasteiger partial charge in [0.2, 0.25) is 0 Å². The topological polar surface area (TPSA) is 9.23 Å². The molecule has 14 heavy (non-hydrogen) atoms. The molecule has 0 saturated heterocycles. The smallest absolute Gasteiger partial charge is 0.137 e. The molecule has 0 N–H and O–H groups in total. The van der Waals surface area contributed by atoms with Crippen molar-refractivity contribution >= 4 is 27.5 Å². The van der Waals surface area contributed by atoms with Crippen molar-refractivity contribution in [2.75, 3.05) is 0 Å². The first-order chi connectivity index (χ1) is 6.48. The van der Waals surface area contributed by atoms with Crippen molar-refractivity contribution in [3.8, 4) is 5.75 Å². The van der Waals surface area contributed by atoms with E-state index in [4.69, 9.17) is 16.3 Å². The van der Waals surface area contributed by atoms with Gasteiger partial charge in [-0.3, -0.25) is 0 Å². The number of ether oxygens (including phenoxy) is 1. The summed E-state index contributed by atoms with van der Waals surface area (Å²) in [6.07, 6.45) is 2.06. The van der Waals surface area contributed by atoms with E-state index in [1.807, 2.05) is 12.1 Å². The van der Waals surface area contributed by atoms with E-state index in [0.29, 0.717) is 0 Å². The van der Waals surface area contributed by atoms with Crippen LogP contribution in [-0.4, -0.2) is 5.60 Å². The van der Waals surface area contributed by atoms with Crippen LogP contribution >= 0.6 is 27.5 Å². The Morgan fingerprint density at radius 1 is 1.43 bits per heavy atom. The standard InChI is InChI=1S/C11H12BrClO/c1-11(2)4-3-7-5-8(13)6-9(12)10(7)14-11/h5-6H,3-4H2,1-2H3. The molecular weight excluding hydrogens is 263 g/mol. The summed E-state index contributed by atoms with van der Waals surface area (Å²) in [5.41, 5.74) is 1.13. The maximum Gasteiger partial charge on any atom is 0.137 e. The Morgan fingerprint density at radius 3 is 2.86 bits per heavy atom. The Hall–Kier alpha value is -0.210. The number of halogens is 2. The molecule has 0 radical (unpaired) electrons. The largest absolute Gasteiger partial charge is 0.486 e. The first kappa shape index (κ1) is 10.3. The van der Waals surface area contributed by atoms with Gasteiger partial charge < -0.3 is 4.74 Å². The minimum Gasteiger partial charge on any atom is -0.486 e. The molecule has 0 atom stereocenters. The van der Waals surface area contributed by atoms with Gasteiger partial charge in [-0.25, -0.2) is 0 Å². The molecule has 3 heteroatoms. The summed E-state index contributed by atoms with van der Waals surface area (Å²) >= 11 is 9.44. The number of rotatable bonds is 0. The van der Waals surface area contributed by atoms with Gasteiger partial charge in [0.1, 0.15) is 11.4 Å². The lowest BCUT2D eigenvalue weighted by atomic mass is 9.94. The first-order valence-electron chi connectivity index (χ1n) is 4.65. The van der Waals surface area contributed by atoms with Crippen LogP contribution < -0.4 is 4.74 Å². The maximum absolute atomic E-state index is 5.97. The van der Waals surface area contributed by atoms with E-state index in [2.05, 4.69) is 29.8 Å². The van der Waals surface area contributed by atoms with Crippen LogP contribution in [0, 0.1) is 0 Å². The van der Waals surface area contributed by atoms with E-state index in [-0.39, 0.29) is 5.60 Å². The predicted octanol–water partition coefficient (Wildman–Crippen LogP) is 4.21. The minimum atomic E-state index is -0.0661. The molecule has 1 aliphatic heterocycles. The van der Waals surface area contributed by atoms with Gasteiger partial charge >= 0.3 is 0 Å². The highest BCUT2D eigenvalue weighted by Crippen LogP contribution is 2.40. The molecule has 1 heterocycles. The Balaban J connectivity index is 2.47. The maximum atomic E-state index is 5.97. The van der Waals surface area contributed by atoms with Gasteiger partial charge in [0.25, 0.3) is 0 Å². The van der Waals surface area contributed by atoms with Crippen molar-refractivity contribution < 1.29 is 4.74 Å². The lowest BCUT2D eigenvalue weighted by molar-refractivity contribution is 0.0836. The van der Waals surface area contributed by atoms with E-state index in [1.165, 1.54) is 5.56 Å². The molecule has 0 aliphatic carbocycles. The average Bonchev–Trinajstić information content (AvgIpc) is 2.06. The molecule has 0 fully saturated rings. The van der Waals surface area contributed by atoms with Crippen LogP contribution in [0.3, 0.4) is 0 Å². The predicted molar refractivity (Wildman–Crippen MR) is 62.2 cm³/mol. The first-order valence-corrected chi connectivity index (χ1v) is 5.82. The molecule has 0 bridgehead atoms. The minimum absolute atomic E-state index is 0.0661. The number of fused-ring (bicyclic) bond motifs is 1. The highest BCUT2D eigenvalue weighted by Gasteiger charge is 2.28. The van der Waals surface area contributed by atoms with Crippen LogP contribution in [0.15, 0.2) is 16.6 Å². The highest BCUT2D eigenvalue weighted by molar-refractivity contribution is 9.10. The van der Waals surface area contributed by atoms with Crippen LogP contribution in [0.1, 0.15) is 25.8 Å². The number of benzene rings is 1. The SMILES string of the molecule is CC1(C)CCc2cc(Cl)cc(Br)c2O1. The summed E-state index contributed by atoms with van der Waals surface area (Å²) in [4.78, 5) is 0. The second kappa shape index (κ2) is 3.42. The quantitative estimate of drug-likeness (QED) is 0.689. The molecule has 0 spiro atoms. The van der Waals surface area contributed by atoms with Gasteiger partial charge in [0, 0.05) is 5.02 Å². The van der Waals surface area contributed by atoms with Gasteiger partial charge in [-0.05, 0) is 60.3 Å². The summed E-state index contributed by atoms with van der Waals surface area (Å²) < 4.78 is 6.85. The van der Waals surface area contributed by atoms with Crippen LogP contribution in [0.5, 0.6) is 5.75 Å². The molecule has 76 valence electrons. The van der Waals surface area contributed by atoms with Gasteiger partial charge in [-0.1, -0.05) is 11.6 Å². The van der Waals surface area contributed by atoms with Gasteiger partial charge in [0.15, 0.2) is 0 Å². The third-order valence-electron chi connectivity index (χ3n) is 2.46. The Labute approximate surface area is 97.5 Å². The summed E-state index contributed by atoms with van der Waals surface area (Å²) in [6.45, 7) is 4.22. The second-order valence-corrected chi connectivity index (χ2v) is 5.53. The fourth-order valence-corrected chi connectivity index (χ4v) is 2.63. The summed E-state index contributed by atoms with van der Waals surface area (Å²) in [6, 6.07) is 3.86. The van der Waals surface area contributed by atoms with Crippen molar-refractivity contribution in [3.63, 3.8) is 0 Å². The van der Waals surface area contributed by atoms with E-state index in [0.717, 1.165) is 28.1 Å². The van der Waals surface area contributed by atoms with E-state index < -0.39 is 0 Å². The molecule has 1 aliphatic rings. The van der Waals surface area contributed by atoms with Crippen molar-refractivity contribution in [3.05, 3.63) is 27.2 Å². The molecular formula is C11H12BrClO. The van der Waals surface area contributed by atoms with E-state index >= 15 is 0 Å². The molecule has 0 unspecified atom stereocenters.